The van der Waals surface area contributed by atoms with Gasteiger partial charge in [0.25, 0.3) is 0 Å². The molecule has 0 radical (unpaired) electrons. The van der Waals surface area contributed by atoms with E-state index in [2.05, 4.69) is 10.3 Å². The second kappa shape index (κ2) is 8.68. The van der Waals surface area contributed by atoms with Crippen molar-refractivity contribution in [2.24, 2.45) is 5.92 Å². The second-order valence-corrected chi connectivity index (χ2v) is 7.24. The molecule has 0 saturated heterocycles. The van der Waals surface area contributed by atoms with Crippen LogP contribution >= 0.6 is 0 Å². The molecule has 3 rings (SSSR count). The zero-order chi connectivity index (χ0) is 21.0. The van der Waals surface area contributed by atoms with Gasteiger partial charge in [-0.15, -0.1) is 0 Å². The van der Waals surface area contributed by atoms with Crippen LogP contribution in [0.4, 0.5) is 5.69 Å². The minimum atomic E-state index is -0.654. The average Bonchev–Trinajstić information content (AvgIpc) is 3.11. The monoisotopic (exact) mass is 393 g/mol. The number of nitrogens with one attached hydrogen (secondary N) is 1. The number of esters is 1. The fourth-order valence-electron chi connectivity index (χ4n) is 2.86. The summed E-state index contributed by atoms with van der Waals surface area (Å²) in [5.74, 6) is -0.796. The van der Waals surface area contributed by atoms with Crippen LogP contribution in [0.15, 0.2) is 48.7 Å². The Kier molecular flexibility index (Phi) is 6.07. The van der Waals surface area contributed by atoms with Gasteiger partial charge in [0.05, 0.1) is 0 Å². The molecule has 7 nitrogen and oxygen atoms in total. The molecule has 0 aliphatic carbocycles. The molecular formula is C22H23N3O4. The quantitative estimate of drug-likeness (QED) is 0.489. The van der Waals surface area contributed by atoms with Gasteiger partial charge in [-0.2, -0.15) is 0 Å². The van der Waals surface area contributed by atoms with Crippen molar-refractivity contribution in [3.05, 3.63) is 65.6 Å². The highest BCUT2D eigenvalue weighted by Crippen LogP contribution is 2.13. The molecule has 0 saturated carbocycles. The van der Waals surface area contributed by atoms with Gasteiger partial charge in [0.2, 0.25) is 5.91 Å². The van der Waals surface area contributed by atoms with E-state index in [0.29, 0.717) is 23.3 Å². The number of carbonyl (C=O) groups is 3. The summed E-state index contributed by atoms with van der Waals surface area (Å²) in [5, 5.41) is 2.78. The van der Waals surface area contributed by atoms with Crippen molar-refractivity contribution in [2.45, 2.75) is 27.2 Å². The largest absolute Gasteiger partial charge is 0.453 e. The standard InChI is InChI=1S/C22H23N3O4/c1-14(2)11-21(27)23-17-9-7-16(8-10-17)19(26)13-29-22(28)18-12-25-15(3)5-4-6-20(25)24-18/h4-10,12,14H,11,13H2,1-3H3,(H,23,27). The highest BCUT2D eigenvalue weighted by atomic mass is 16.5. The molecule has 29 heavy (non-hydrogen) atoms. The van der Waals surface area contributed by atoms with Crippen LogP contribution in [-0.4, -0.2) is 33.7 Å². The molecule has 1 N–H and O–H groups in total. The van der Waals surface area contributed by atoms with Crippen LogP contribution in [0.25, 0.3) is 5.65 Å². The molecule has 1 amide bonds. The summed E-state index contributed by atoms with van der Waals surface area (Å²) in [4.78, 5) is 40.5. The minimum absolute atomic E-state index is 0.0734. The molecule has 0 fully saturated rings. The van der Waals surface area contributed by atoms with E-state index >= 15 is 0 Å². The number of hydrogen-bond acceptors (Lipinski definition) is 5. The van der Waals surface area contributed by atoms with Gasteiger partial charge in [0, 0.05) is 29.6 Å². The fourth-order valence-corrected chi connectivity index (χ4v) is 2.86. The Hall–Kier alpha value is -3.48. The Morgan fingerprint density at radius 3 is 2.48 bits per heavy atom. The third-order valence-corrected chi connectivity index (χ3v) is 4.32. The number of imidazole rings is 1. The number of carbonyl (C=O) groups excluding carboxylic acids is 3. The van der Waals surface area contributed by atoms with Crippen molar-refractivity contribution < 1.29 is 19.1 Å². The minimum Gasteiger partial charge on any atom is -0.453 e. The predicted molar refractivity (Wildman–Crippen MR) is 109 cm³/mol. The van der Waals surface area contributed by atoms with Crippen LogP contribution in [0.5, 0.6) is 0 Å². The number of rotatable bonds is 7. The number of anilines is 1. The molecule has 0 atom stereocenters. The summed E-state index contributed by atoms with van der Waals surface area (Å²) in [7, 11) is 0. The number of benzene rings is 1. The highest BCUT2D eigenvalue weighted by molar-refractivity contribution is 5.99. The van der Waals surface area contributed by atoms with Gasteiger partial charge in [-0.1, -0.05) is 19.9 Å². The summed E-state index contributed by atoms with van der Waals surface area (Å²) in [6, 6.07) is 12.0. The summed E-state index contributed by atoms with van der Waals surface area (Å²) in [5.41, 5.74) is 2.73. The van der Waals surface area contributed by atoms with Gasteiger partial charge < -0.3 is 14.5 Å². The SMILES string of the molecule is Cc1cccc2nc(C(=O)OCC(=O)c3ccc(NC(=O)CC(C)C)cc3)cn12. The van der Waals surface area contributed by atoms with Crippen LogP contribution in [0, 0.1) is 12.8 Å². The molecule has 3 aromatic rings. The lowest BCUT2D eigenvalue weighted by molar-refractivity contribution is -0.116. The Balaban J connectivity index is 1.57. The number of amides is 1. The Morgan fingerprint density at radius 1 is 1.10 bits per heavy atom. The average molecular weight is 393 g/mol. The number of fused-ring (bicyclic) bond motifs is 1. The third-order valence-electron chi connectivity index (χ3n) is 4.32. The number of ketones is 1. The van der Waals surface area contributed by atoms with Gasteiger partial charge in [-0.05, 0) is 49.2 Å². The number of ether oxygens (including phenoxy) is 1. The predicted octanol–water partition coefficient (Wildman–Crippen LogP) is 3.67. The van der Waals surface area contributed by atoms with Crippen LogP contribution in [0.2, 0.25) is 0 Å². The Bertz CT molecular complexity index is 1050. The van der Waals surface area contributed by atoms with Gasteiger partial charge in [0.15, 0.2) is 18.1 Å². The van der Waals surface area contributed by atoms with Crippen molar-refractivity contribution in [2.75, 3.05) is 11.9 Å². The van der Waals surface area contributed by atoms with Crippen molar-refractivity contribution >= 4 is 29.0 Å². The van der Waals surface area contributed by atoms with Crippen molar-refractivity contribution in [1.82, 2.24) is 9.38 Å². The number of pyridine rings is 1. The molecule has 0 spiro atoms. The third kappa shape index (κ3) is 5.07. The van der Waals surface area contributed by atoms with Crippen molar-refractivity contribution in [3.8, 4) is 0 Å². The van der Waals surface area contributed by atoms with Gasteiger partial charge in [0.1, 0.15) is 5.65 Å². The van der Waals surface area contributed by atoms with Crippen LogP contribution in [0.3, 0.4) is 0 Å². The first-order chi connectivity index (χ1) is 13.8. The topological polar surface area (TPSA) is 89.8 Å². The van der Waals surface area contributed by atoms with Crippen LogP contribution < -0.4 is 5.32 Å². The maximum absolute atomic E-state index is 12.3. The number of nitrogens with zero attached hydrogens (tertiary/aromatic N) is 2. The van der Waals surface area contributed by atoms with Crippen LogP contribution in [-0.2, 0) is 9.53 Å². The normalized spacial score (nSPS) is 10.9. The van der Waals surface area contributed by atoms with Gasteiger partial charge >= 0.3 is 5.97 Å². The number of hydrogen-bond donors (Lipinski definition) is 1. The van der Waals surface area contributed by atoms with Crippen molar-refractivity contribution in [1.29, 1.82) is 0 Å². The molecule has 1 aromatic carbocycles. The van der Waals surface area contributed by atoms with E-state index < -0.39 is 5.97 Å². The molecule has 2 aromatic heterocycles. The first-order valence-corrected chi connectivity index (χ1v) is 9.38. The Labute approximate surface area is 168 Å². The van der Waals surface area contributed by atoms with Gasteiger partial charge in [-0.25, -0.2) is 9.78 Å². The molecule has 0 unspecified atom stereocenters. The molecule has 0 bridgehead atoms. The summed E-state index contributed by atoms with van der Waals surface area (Å²) >= 11 is 0. The summed E-state index contributed by atoms with van der Waals surface area (Å²) < 4.78 is 6.90. The number of aromatic nitrogens is 2. The summed E-state index contributed by atoms with van der Waals surface area (Å²) in [6.07, 6.45) is 2.02. The van der Waals surface area contributed by atoms with Crippen molar-refractivity contribution in [3.63, 3.8) is 0 Å². The lowest BCUT2D eigenvalue weighted by atomic mass is 10.1. The van der Waals surface area contributed by atoms with E-state index in [9.17, 15) is 14.4 Å². The van der Waals surface area contributed by atoms with E-state index in [1.807, 2.05) is 32.9 Å². The van der Waals surface area contributed by atoms with E-state index in [1.165, 1.54) is 0 Å². The van der Waals surface area contributed by atoms with E-state index in [1.54, 1.807) is 40.9 Å². The first-order valence-electron chi connectivity index (χ1n) is 9.38. The molecule has 0 aliphatic rings. The number of aryl methyl sites for hydroxylation is 1. The molecule has 150 valence electrons. The Morgan fingerprint density at radius 2 is 1.83 bits per heavy atom. The zero-order valence-electron chi connectivity index (χ0n) is 16.6. The lowest BCUT2D eigenvalue weighted by Gasteiger charge is -2.08. The van der Waals surface area contributed by atoms with E-state index in [-0.39, 0.29) is 29.9 Å². The lowest BCUT2D eigenvalue weighted by Crippen LogP contribution is -2.15. The van der Waals surface area contributed by atoms with E-state index in [4.69, 9.17) is 4.74 Å². The smallest absolute Gasteiger partial charge is 0.359 e. The van der Waals surface area contributed by atoms with Gasteiger partial charge in [-0.3, -0.25) is 9.59 Å². The molecule has 7 heteroatoms. The fraction of sp³-hybridized carbons (Fsp3) is 0.273. The number of Topliss-reactive ketones (excluding diaryl/α,β-unsaturated/α-hetero) is 1. The second-order valence-electron chi connectivity index (χ2n) is 7.24. The zero-order valence-corrected chi connectivity index (χ0v) is 16.6. The van der Waals surface area contributed by atoms with Crippen LogP contribution in [0.1, 0.15) is 46.8 Å². The highest BCUT2D eigenvalue weighted by Gasteiger charge is 2.16. The first kappa shape index (κ1) is 20.3. The molecule has 0 aliphatic heterocycles. The maximum atomic E-state index is 12.3. The maximum Gasteiger partial charge on any atom is 0.359 e. The molecular weight excluding hydrogens is 370 g/mol. The summed E-state index contributed by atoms with van der Waals surface area (Å²) in [6.45, 7) is 5.46. The van der Waals surface area contributed by atoms with E-state index in [0.717, 1.165) is 5.69 Å². The molecule has 2 heterocycles.